The van der Waals surface area contributed by atoms with Crippen molar-refractivity contribution in [2.45, 2.75) is 25.9 Å². The molecular formula is C8H19N3O. The van der Waals surface area contributed by atoms with Gasteiger partial charge in [0, 0.05) is 19.1 Å². The molecule has 4 nitrogen and oxygen atoms in total. The highest BCUT2D eigenvalue weighted by Gasteiger charge is 2.11. The third kappa shape index (κ3) is 4.43. The molecular weight excluding hydrogens is 154 g/mol. The molecule has 2 atom stereocenters. The lowest BCUT2D eigenvalue weighted by molar-refractivity contribution is -0.110. The minimum absolute atomic E-state index is 0.0637. The van der Waals surface area contributed by atoms with E-state index in [1.165, 1.54) is 0 Å². The molecule has 0 aromatic heterocycles. The SMILES string of the molecule is CC(C)[C@@H](C=O)NC[C@@H](N)CN. The summed E-state index contributed by atoms with van der Waals surface area (Å²) >= 11 is 0. The van der Waals surface area contributed by atoms with Crippen LogP contribution < -0.4 is 16.8 Å². The third-order valence-corrected chi connectivity index (χ3v) is 1.78. The quantitative estimate of drug-likeness (QED) is 0.454. The van der Waals surface area contributed by atoms with Crippen LogP contribution in [0, 0.1) is 5.92 Å². The second-order valence-electron chi connectivity index (χ2n) is 3.31. The van der Waals surface area contributed by atoms with Gasteiger partial charge < -0.3 is 21.6 Å². The Morgan fingerprint density at radius 2 is 2.08 bits per heavy atom. The first-order valence-electron chi connectivity index (χ1n) is 4.26. The van der Waals surface area contributed by atoms with Crippen LogP contribution in [-0.2, 0) is 4.79 Å². The van der Waals surface area contributed by atoms with Crippen molar-refractivity contribution in [3.05, 3.63) is 0 Å². The normalized spacial score (nSPS) is 16.1. The smallest absolute Gasteiger partial charge is 0.137 e. The minimum atomic E-state index is -0.109. The molecule has 5 N–H and O–H groups in total. The maximum absolute atomic E-state index is 10.5. The van der Waals surface area contributed by atoms with Crippen molar-refractivity contribution in [3.8, 4) is 0 Å². The number of rotatable bonds is 6. The zero-order valence-corrected chi connectivity index (χ0v) is 7.79. The summed E-state index contributed by atoms with van der Waals surface area (Å²) in [6.45, 7) is 5.01. The molecule has 0 unspecified atom stereocenters. The van der Waals surface area contributed by atoms with E-state index < -0.39 is 0 Å². The van der Waals surface area contributed by atoms with Crippen LogP contribution in [0.15, 0.2) is 0 Å². The zero-order chi connectivity index (χ0) is 9.56. The van der Waals surface area contributed by atoms with Gasteiger partial charge in [0.05, 0.1) is 6.04 Å². The molecule has 0 aliphatic heterocycles. The highest BCUT2D eigenvalue weighted by Crippen LogP contribution is 1.97. The molecule has 0 heterocycles. The van der Waals surface area contributed by atoms with Gasteiger partial charge in [-0.3, -0.25) is 0 Å². The Bertz CT molecular complexity index is 127. The first-order valence-corrected chi connectivity index (χ1v) is 4.26. The lowest BCUT2D eigenvalue weighted by Crippen LogP contribution is -2.45. The predicted molar refractivity (Wildman–Crippen MR) is 49.7 cm³/mol. The molecule has 0 fully saturated rings. The van der Waals surface area contributed by atoms with E-state index in [-0.39, 0.29) is 12.1 Å². The molecule has 0 radical (unpaired) electrons. The van der Waals surface area contributed by atoms with Gasteiger partial charge in [0.15, 0.2) is 0 Å². The average Bonchev–Trinajstić information content (AvgIpc) is 2.04. The highest BCUT2D eigenvalue weighted by molar-refractivity contribution is 5.57. The molecule has 72 valence electrons. The Labute approximate surface area is 73.7 Å². The highest BCUT2D eigenvalue weighted by atomic mass is 16.1. The van der Waals surface area contributed by atoms with Crippen molar-refractivity contribution in [2.24, 2.45) is 17.4 Å². The lowest BCUT2D eigenvalue weighted by atomic mass is 10.1. The molecule has 4 heteroatoms. The van der Waals surface area contributed by atoms with E-state index in [1.54, 1.807) is 0 Å². The Hall–Kier alpha value is -0.450. The molecule has 0 amide bonds. The summed E-state index contributed by atoms with van der Waals surface area (Å²) in [7, 11) is 0. The van der Waals surface area contributed by atoms with Crippen LogP contribution in [0.25, 0.3) is 0 Å². The first-order chi connectivity index (χ1) is 5.61. The van der Waals surface area contributed by atoms with E-state index in [0.29, 0.717) is 19.0 Å². The standard InChI is InChI=1S/C8H19N3O/c1-6(2)8(5-12)11-4-7(10)3-9/h5-8,11H,3-4,9-10H2,1-2H3/t7-,8+/m0/s1. The van der Waals surface area contributed by atoms with Crippen molar-refractivity contribution in [1.82, 2.24) is 5.32 Å². The van der Waals surface area contributed by atoms with Gasteiger partial charge in [-0.15, -0.1) is 0 Å². The number of aldehydes is 1. The lowest BCUT2D eigenvalue weighted by Gasteiger charge is -2.18. The van der Waals surface area contributed by atoms with Gasteiger partial charge in [-0.1, -0.05) is 13.8 Å². The zero-order valence-electron chi connectivity index (χ0n) is 7.79. The summed E-state index contributed by atoms with van der Waals surface area (Å²) in [5, 5.41) is 3.05. The van der Waals surface area contributed by atoms with Gasteiger partial charge >= 0.3 is 0 Å². The third-order valence-electron chi connectivity index (χ3n) is 1.78. The molecule has 0 aromatic carbocycles. The average molecular weight is 173 g/mol. The fourth-order valence-corrected chi connectivity index (χ4v) is 0.812. The Balaban J connectivity index is 3.65. The number of hydrogen-bond donors (Lipinski definition) is 3. The summed E-state index contributed by atoms with van der Waals surface area (Å²) in [6.07, 6.45) is 0.911. The van der Waals surface area contributed by atoms with E-state index in [2.05, 4.69) is 5.32 Å². The van der Waals surface area contributed by atoms with Gasteiger partial charge in [0.2, 0.25) is 0 Å². The molecule has 12 heavy (non-hydrogen) atoms. The van der Waals surface area contributed by atoms with Gasteiger partial charge in [-0.2, -0.15) is 0 Å². The predicted octanol–water partition coefficient (Wildman–Crippen LogP) is -0.914. The summed E-state index contributed by atoms with van der Waals surface area (Å²) in [5.41, 5.74) is 10.9. The van der Waals surface area contributed by atoms with Crippen LogP contribution in [0.3, 0.4) is 0 Å². The Morgan fingerprint density at radius 1 is 1.50 bits per heavy atom. The van der Waals surface area contributed by atoms with E-state index in [0.717, 1.165) is 6.29 Å². The van der Waals surface area contributed by atoms with Crippen molar-refractivity contribution in [2.75, 3.05) is 13.1 Å². The summed E-state index contributed by atoms with van der Waals surface area (Å²) < 4.78 is 0. The number of carbonyl (C=O) groups is 1. The molecule has 0 saturated heterocycles. The number of hydrogen-bond acceptors (Lipinski definition) is 4. The van der Waals surface area contributed by atoms with Gasteiger partial charge in [-0.25, -0.2) is 0 Å². The monoisotopic (exact) mass is 173 g/mol. The molecule has 0 bridgehead atoms. The molecule has 0 aliphatic rings. The van der Waals surface area contributed by atoms with E-state index in [1.807, 2.05) is 13.8 Å². The Morgan fingerprint density at radius 3 is 2.42 bits per heavy atom. The van der Waals surface area contributed by atoms with Gasteiger partial charge in [0.1, 0.15) is 6.29 Å². The topological polar surface area (TPSA) is 81.1 Å². The van der Waals surface area contributed by atoms with Crippen LogP contribution in [0.4, 0.5) is 0 Å². The van der Waals surface area contributed by atoms with Crippen LogP contribution in [0.1, 0.15) is 13.8 Å². The van der Waals surface area contributed by atoms with E-state index >= 15 is 0 Å². The van der Waals surface area contributed by atoms with Gasteiger partial charge in [-0.05, 0) is 5.92 Å². The number of nitrogens with one attached hydrogen (secondary N) is 1. The maximum atomic E-state index is 10.5. The molecule has 0 saturated carbocycles. The van der Waals surface area contributed by atoms with Crippen molar-refractivity contribution in [3.63, 3.8) is 0 Å². The van der Waals surface area contributed by atoms with Crippen LogP contribution >= 0.6 is 0 Å². The molecule has 0 aromatic rings. The largest absolute Gasteiger partial charge is 0.329 e. The van der Waals surface area contributed by atoms with Crippen LogP contribution in [-0.4, -0.2) is 31.5 Å². The van der Waals surface area contributed by atoms with Gasteiger partial charge in [0.25, 0.3) is 0 Å². The van der Waals surface area contributed by atoms with Crippen molar-refractivity contribution >= 4 is 6.29 Å². The second kappa shape index (κ2) is 6.11. The maximum Gasteiger partial charge on any atom is 0.137 e. The second-order valence-corrected chi connectivity index (χ2v) is 3.31. The first kappa shape index (κ1) is 11.6. The van der Waals surface area contributed by atoms with E-state index in [9.17, 15) is 4.79 Å². The number of carbonyl (C=O) groups excluding carboxylic acids is 1. The summed E-state index contributed by atoms with van der Waals surface area (Å²) in [5.74, 6) is 0.299. The minimum Gasteiger partial charge on any atom is -0.329 e. The van der Waals surface area contributed by atoms with Crippen molar-refractivity contribution < 1.29 is 4.79 Å². The molecule has 0 aliphatic carbocycles. The molecule has 0 rings (SSSR count). The fourth-order valence-electron chi connectivity index (χ4n) is 0.812. The molecule has 0 spiro atoms. The van der Waals surface area contributed by atoms with E-state index in [4.69, 9.17) is 11.5 Å². The van der Waals surface area contributed by atoms with Crippen LogP contribution in [0.5, 0.6) is 0 Å². The van der Waals surface area contributed by atoms with Crippen LogP contribution in [0.2, 0.25) is 0 Å². The summed E-state index contributed by atoms with van der Waals surface area (Å²) in [6, 6.07) is -0.172. The number of nitrogens with two attached hydrogens (primary N) is 2. The Kier molecular flexibility index (Phi) is 5.88. The fraction of sp³-hybridized carbons (Fsp3) is 0.875. The van der Waals surface area contributed by atoms with Crippen molar-refractivity contribution in [1.29, 1.82) is 0 Å². The summed E-state index contributed by atoms with van der Waals surface area (Å²) in [4.78, 5) is 10.5.